The molecule has 5 nitrogen and oxygen atoms in total. The Labute approximate surface area is 167 Å². The number of hydrogen-bond donors (Lipinski definition) is 0. The van der Waals surface area contributed by atoms with E-state index < -0.39 is 5.97 Å². The van der Waals surface area contributed by atoms with Crippen LogP contribution in [-0.2, 0) is 23.9 Å². The number of fused-ring (bicyclic) bond motifs is 5. The molecule has 4 rings (SSSR count). The molecule has 0 heterocycles. The number of ketones is 1. The first-order valence-electron chi connectivity index (χ1n) is 10.8. The van der Waals surface area contributed by atoms with Crippen molar-refractivity contribution in [1.82, 2.24) is 0 Å². The molecule has 0 aromatic heterocycles. The lowest BCUT2D eigenvalue weighted by molar-refractivity contribution is -0.162. The van der Waals surface area contributed by atoms with Crippen LogP contribution in [0.4, 0.5) is 0 Å². The van der Waals surface area contributed by atoms with Gasteiger partial charge in [-0.15, -0.1) is 0 Å². The highest BCUT2D eigenvalue weighted by Crippen LogP contribution is 2.66. The minimum Gasteiger partial charge on any atom is -0.462 e. The third kappa shape index (κ3) is 2.84. The fourth-order valence-corrected chi connectivity index (χ4v) is 7.36. The van der Waals surface area contributed by atoms with Gasteiger partial charge in [0.05, 0.1) is 0 Å². The molecule has 0 amide bonds. The Bertz CT molecular complexity index is 739. The topological polar surface area (TPSA) is 69.7 Å². The number of carbonyl (C=O) groups is 3. The summed E-state index contributed by atoms with van der Waals surface area (Å²) in [5, 5.41) is 0. The van der Waals surface area contributed by atoms with Crippen LogP contribution >= 0.6 is 0 Å². The lowest BCUT2D eigenvalue weighted by atomic mass is 9.45. The Morgan fingerprint density at radius 2 is 1.68 bits per heavy atom. The first kappa shape index (κ1) is 19.7. The molecule has 7 unspecified atom stereocenters. The van der Waals surface area contributed by atoms with Crippen LogP contribution in [0.15, 0.2) is 11.8 Å². The number of Topliss-reactive ketones (excluding diaryl/α,β-unsaturated/α-hetero) is 1. The van der Waals surface area contributed by atoms with Crippen LogP contribution in [0, 0.1) is 34.5 Å². The second-order valence-electron chi connectivity index (χ2n) is 9.96. The minimum absolute atomic E-state index is 0.0138. The van der Waals surface area contributed by atoms with Crippen molar-refractivity contribution in [1.29, 1.82) is 0 Å². The molecule has 7 atom stereocenters. The van der Waals surface area contributed by atoms with Gasteiger partial charge in [-0.25, -0.2) is 0 Å². The van der Waals surface area contributed by atoms with Crippen LogP contribution in [0.25, 0.3) is 0 Å². The van der Waals surface area contributed by atoms with Gasteiger partial charge in [-0.1, -0.05) is 13.8 Å². The molecule has 0 aliphatic heterocycles. The van der Waals surface area contributed by atoms with Crippen LogP contribution in [0.3, 0.4) is 0 Å². The maximum absolute atomic E-state index is 13.0. The number of rotatable bonds is 2. The molecular weight excluding hydrogens is 356 g/mol. The molecular formula is C23H32O5. The van der Waals surface area contributed by atoms with Gasteiger partial charge in [0.2, 0.25) is 5.78 Å². The maximum atomic E-state index is 13.0. The summed E-state index contributed by atoms with van der Waals surface area (Å²) in [6.45, 7) is 7.44. The van der Waals surface area contributed by atoms with Crippen molar-refractivity contribution < 1.29 is 23.9 Å². The molecule has 4 aliphatic carbocycles. The highest BCUT2D eigenvalue weighted by atomic mass is 16.5. The van der Waals surface area contributed by atoms with E-state index >= 15 is 0 Å². The van der Waals surface area contributed by atoms with Gasteiger partial charge in [0, 0.05) is 25.2 Å². The summed E-state index contributed by atoms with van der Waals surface area (Å²) in [4.78, 5) is 36.0. The van der Waals surface area contributed by atoms with Gasteiger partial charge in [0.25, 0.3) is 0 Å². The Morgan fingerprint density at radius 3 is 2.36 bits per heavy atom. The van der Waals surface area contributed by atoms with Gasteiger partial charge in [0.15, 0.2) is 5.76 Å². The largest absolute Gasteiger partial charge is 0.462 e. The van der Waals surface area contributed by atoms with Gasteiger partial charge in [-0.05, 0) is 74.2 Å². The zero-order valence-corrected chi connectivity index (χ0v) is 17.5. The van der Waals surface area contributed by atoms with Crippen LogP contribution in [0.1, 0.15) is 72.6 Å². The van der Waals surface area contributed by atoms with Crippen molar-refractivity contribution in [3.63, 3.8) is 0 Å². The van der Waals surface area contributed by atoms with Gasteiger partial charge in [-0.2, -0.15) is 0 Å². The van der Waals surface area contributed by atoms with Crippen molar-refractivity contribution in [2.24, 2.45) is 34.5 Å². The van der Waals surface area contributed by atoms with E-state index in [4.69, 9.17) is 9.47 Å². The first-order chi connectivity index (χ1) is 13.2. The summed E-state index contributed by atoms with van der Waals surface area (Å²) in [5.74, 6) is 1.25. The molecule has 0 bridgehead atoms. The highest BCUT2D eigenvalue weighted by molar-refractivity contribution is 5.98. The molecule has 0 aromatic rings. The molecule has 0 aromatic carbocycles. The van der Waals surface area contributed by atoms with Gasteiger partial charge in [0.1, 0.15) is 6.10 Å². The van der Waals surface area contributed by atoms with Crippen molar-refractivity contribution in [3.05, 3.63) is 11.8 Å². The molecule has 0 radical (unpaired) electrons. The molecule has 3 fully saturated rings. The SMILES string of the molecule is CC(=O)OC1=CCC2(C)C(CCC3C4CCC(OC(C)=O)C4(C)CCC32)C1=O. The van der Waals surface area contributed by atoms with Gasteiger partial charge >= 0.3 is 11.9 Å². The van der Waals surface area contributed by atoms with E-state index in [1.54, 1.807) is 0 Å². The third-order valence-electron chi connectivity index (χ3n) is 8.63. The van der Waals surface area contributed by atoms with E-state index in [9.17, 15) is 14.4 Å². The fourth-order valence-electron chi connectivity index (χ4n) is 7.36. The van der Waals surface area contributed by atoms with E-state index in [1.165, 1.54) is 13.8 Å². The molecule has 0 N–H and O–H groups in total. The summed E-state index contributed by atoms with van der Waals surface area (Å²) in [5.41, 5.74) is -0.00204. The van der Waals surface area contributed by atoms with E-state index in [0.717, 1.165) is 44.9 Å². The van der Waals surface area contributed by atoms with Gasteiger partial charge in [-0.3, -0.25) is 14.4 Å². The Kier molecular flexibility index (Phi) is 4.71. The molecule has 3 saturated carbocycles. The molecule has 4 aliphatic rings. The van der Waals surface area contributed by atoms with Gasteiger partial charge < -0.3 is 9.47 Å². The first-order valence-corrected chi connectivity index (χ1v) is 10.8. The van der Waals surface area contributed by atoms with E-state index in [-0.39, 0.29) is 40.4 Å². The summed E-state index contributed by atoms with van der Waals surface area (Å²) in [7, 11) is 0. The molecule has 28 heavy (non-hydrogen) atoms. The standard InChI is InChI=1S/C23H32O5/c1-13(24)27-19-10-12-22(3)17-9-11-23(4)16(7-8-20(23)28-14(2)25)15(17)5-6-18(22)21(19)26/h10,15-18,20H,5-9,11-12H2,1-4H3. The average Bonchev–Trinajstić information content (AvgIpc) is 2.93. The lowest BCUT2D eigenvalue weighted by Gasteiger charge is -2.59. The number of allylic oxidation sites excluding steroid dienone is 2. The van der Waals surface area contributed by atoms with Crippen molar-refractivity contribution in [3.8, 4) is 0 Å². The number of hydrogen-bond acceptors (Lipinski definition) is 5. The number of esters is 2. The number of ether oxygens (including phenoxy) is 2. The summed E-state index contributed by atoms with van der Waals surface area (Å²) in [6.07, 6.45) is 8.77. The van der Waals surface area contributed by atoms with Crippen molar-refractivity contribution >= 4 is 17.7 Å². The smallest absolute Gasteiger partial charge is 0.308 e. The second kappa shape index (κ2) is 6.70. The maximum Gasteiger partial charge on any atom is 0.308 e. The summed E-state index contributed by atoms with van der Waals surface area (Å²) < 4.78 is 10.9. The Morgan fingerprint density at radius 1 is 0.964 bits per heavy atom. The lowest BCUT2D eigenvalue weighted by Crippen LogP contribution is -2.55. The number of carbonyl (C=O) groups excluding carboxylic acids is 3. The summed E-state index contributed by atoms with van der Waals surface area (Å²) in [6, 6.07) is 0. The molecule has 0 spiro atoms. The van der Waals surface area contributed by atoms with Crippen LogP contribution < -0.4 is 0 Å². The highest BCUT2D eigenvalue weighted by Gasteiger charge is 2.62. The van der Waals surface area contributed by atoms with E-state index in [2.05, 4.69) is 13.8 Å². The zero-order valence-electron chi connectivity index (χ0n) is 17.5. The molecule has 154 valence electrons. The predicted molar refractivity (Wildman–Crippen MR) is 103 cm³/mol. The Balaban J connectivity index is 1.59. The monoisotopic (exact) mass is 388 g/mol. The fraction of sp³-hybridized carbons (Fsp3) is 0.783. The summed E-state index contributed by atoms with van der Waals surface area (Å²) >= 11 is 0. The molecule has 5 heteroatoms. The minimum atomic E-state index is -0.423. The predicted octanol–water partition coefficient (Wildman–Crippen LogP) is 4.20. The van der Waals surface area contributed by atoms with E-state index in [1.807, 2.05) is 6.08 Å². The quantitative estimate of drug-likeness (QED) is 0.663. The average molecular weight is 389 g/mol. The van der Waals surface area contributed by atoms with Crippen LogP contribution in [-0.4, -0.2) is 23.8 Å². The zero-order chi connectivity index (χ0) is 20.3. The second-order valence-corrected chi connectivity index (χ2v) is 9.96. The van der Waals surface area contributed by atoms with Crippen LogP contribution in [0.2, 0.25) is 0 Å². The van der Waals surface area contributed by atoms with E-state index in [0.29, 0.717) is 17.8 Å². The van der Waals surface area contributed by atoms with Crippen molar-refractivity contribution in [2.75, 3.05) is 0 Å². The van der Waals surface area contributed by atoms with Crippen molar-refractivity contribution in [2.45, 2.75) is 78.7 Å². The normalized spacial score (nSPS) is 44.6. The Hall–Kier alpha value is -1.65. The van der Waals surface area contributed by atoms with Crippen LogP contribution in [0.5, 0.6) is 0 Å². The molecule has 0 saturated heterocycles. The third-order valence-corrected chi connectivity index (χ3v) is 8.63.